The van der Waals surface area contributed by atoms with Gasteiger partial charge in [0.25, 0.3) is 0 Å². The fourth-order valence-corrected chi connectivity index (χ4v) is 5.05. The first-order valence-corrected chi connectivity index (χ1v) is 11.6. The molecule has 1 unspecified atom stereocenters. The number of fused-ring (bicyclic) bond motifs is 3. The second-order valence-corrected chi connectivity index (χ2v) is 9.28. The summed E-state index contributed by atoms with van der Waals surface area (Å²) in [4.78, 5) is 38.9. The molecule has 3 N–H and O–H groups in total. The molecule has 1 fully saturated rings. The van der Waals surface area contributed by atoms with Crippen molar-refractivity contribution >= 4 is 18.0 Å². The number of carbonyl (C=O) groups is 3. The molecule has 0 aromatic heterocycles. The lowest BCUT2D eigenvalue weighted by Gasteiger charge is -2.25. The number of rotatable bonds is 8. The monoisotopic (exact) mass is 465 g/mol. The van der Waals surface area contributed by atoms with Gasteiger partial charge in [-0.15, -0.1) is 0 Å². The van der Waals surface area contributed by atoms with Crippen LogP contribution in [0.5, 0.6) is 0 Å². The minimum atomic E-state index is -0.906. The molecule has 2 aromatic rings. The molecule has 34 heavy (non-hydrogen) atoms. The van der Waals surface area contributed by atoms with Gasteiger partial charge in [-0.1, -0.05) is 55.0 Å². The van der Waals surface area contributed by atoms with Crippen molar-refractivity contribution in [3.05, 3.63) is 59.7 Å². The zero-order valence-corrected chi connectivity index (χ0v) is 19.5. The van der Waals surface area contributed by atoms with Crippen molar-refractivity contribution in [1.82, 2.24) is 15.5 Å². The average molecular weight is 466 g/mol. The fourth-order valence-electron chi connectivity index (χ4n) is 5.05. The molecule has 0 heterocycles. The summed E-state index contributed by atoms with van der Waals surface area (Å²) in [5, 5.41) is 14.9. The SMILES string of the molecule is CN(C)CC(NC(=O)OCC1c2ccccc2-c2ccccc21)C(=O)N[C@@H]1CCC[C@@H]1C(=O)O. The van der Waals surface area contributed by atoms with Crippen molar-refractivity contribution in [3.8, 4) is 11.1 Å². The minimum Gasteiger partial charge on any atom is -0.481 e. The van der Waals surface area contributed by atoms with Gasteiger partial charge in [-0.25, -0.2) is 4.79 Å². The zero-order valence-electron chi connectivity index (χ0n) is 19.5. The van der Waals surface area contributed by atoms with Gasteiger partial charge in [0, 0.05) is 18.5 Å². The first-order valence-electron chi connectivity index (χ1n) is 11.6. The van der Waals surface area contributed by atoms with Crippen LogP contribution in [0.2, 0.25) is 0 Å². The highest BCUT2D eigenvalue weighted by atomic mass is 16.5. The summed E-state index contributed by atoms with van der Waals surface area (Å²) in [7, 11) is 3.60. The van der Waals surface area contributed by atoms with Crippen molar-refractivity contribution < 1.29 is 24.2 Å². The molecule has 4 rings (SSSR count). The molecule has 8 nitrogen and oxygen atoms in total. The maximum absolute atomic E-state index is 12.9. The van der Waals surface area contributed by atoms with Crippen molar-refractivity contribution in [3.63, 3.8) is 0 Å². The van der Waals surface area contributed by atoms with Gasteiger partial charge in [-0.05, 0) is 49.2 Å². The molecule has 180 valence electrons. The van der Waals surface area contributed by atoms with E-state index in [0.29, 0.717) is 12.8 Å². The number of likely N-dealkylation sites (N-methyl/N-ethyl adjacent to an activating group) is 1. The van der Waals surface area contributed by atoms with Crippen LogP contribution in [0.15, 0.2) is 48.5 Å². The van der Waals surface area contributed by atoms with E-state index < -0.39 is 36.0 Å². The number of carboxylic acids is 1. The van der Waals surface area contributed by atoms with Gasteiger partial charge >= 0.3 is 12.1 Å². The number of amides is 2. The lowest BCUT2D eigenvalue weighted by molar-refractivity contribution is -0.142. The Labute approximate surface area is 199 Å². The molecule has 0 spiro atoms. The van der Waals surface area contributed by atoms with Gasteiger partial charge in [0.2, 0.25) is 5.91 Å². The van der Waals surface area contributed by atoms with Gasteiger partial charge in [-0.3, -0.25) is 9.59 Å². The molecule has 2 aromatic carbocycles. The van der Waals surface area contributed by atoms with E-state index in [2.05, 4.69) is 22.8 Å². The Morgan fingerprint density at radius 3 is 2.24 bits per heavy atom. The van der Waals surface area contributed by atoms with Crippen molar-refractivity contribution in [1.29, 1.82) is 0 Å². The molecule has 0 bridgehead atoms. The number of aliphatic carboxylic acids is 1. The van der Waals surface area contributed by atoms with Crippen LogP contribution in [0.4, 0.5) is 4.79 Å². The lowest BCUT2D eigenvalue weighted by Crippen LogP contribution is -2.54. The van der Waals surface area contributed by atoms with Crippen LogP contribution in [-0.4, -0.2) is 67.3 Å². The molecule has 1 saturated carbocycles. The quantitative estimate of drug-likeness (QED) is 0.553. The Morgan fingerprint density at radius 2 is 1.65 bits per heavy atom. The molecule has 2 amide bonds. The smallest absolute Gasteiger partial charge is 0.407 e. The molecule has 3 atom stereocenters. The van der Waals surface area contributed by atoms with Crippen LogP contribution in [0, 0.1) is 5.92 Å². The Bertz CT molecular complexity index is 1020. The summed E-state index contributed by atoms with van der Waals surface area (Å²) in [6.45, 7) is 0.417. The molecule has 2 aliphatic rings. The zero-order chi connectivity index (χ0) is 24.2. The van der Waals surface area contributed by atoms with Gasteiger partial charge in [0.15, 0.2) is 0 Å². The minimum absolute atomic E-state index is 0.0749. The van der Waals surface area contributed by atoms with E-state index in [-0.39, 0.29) is 19.1 Å². The van der Waals surface area contributed by atoms with Gasteiger partial charge < -0.3 is 25.4 Å². The van der Waals surface area contributed by atoms with Gasteiger partial charge in [0.1, 0.15) is 12.6 Å². The third kappa shape index (κ3) is 5.07. The lowest BCUT2D eigenvalue weighted by atomic mass is 9.98. The molecule has 0 aliphatic heterocycles. The standard InChI is InChI=1S/C26H31N3O5/c1-29(2)14-23(24(30)27-22-13-7-12-20(22)25(31)32)28-26(33)34-15-21-18-10-5-3-8-16(18)17-9-4-6-11-19(17)21/h3-6,8-11,20-23H,7,12-15H2,1-2H3,(H,27,30)(H,28,33)(H,31,32)/t20-,22+,23?/m0/s1. The highest BCUT2D eigenvalue weighted by molar-refractivity contribution is 5.87. The van der Waals surface area contributed by atoms with Crippen molar-refractivity contribution in [2.45, 2.75) is 37.3 Å². The third-order valence-electron chi connectivity index (χ3n) is 6.66. The number of benzene rings is 2. The van der Waals surface area contributed by atoms with E-state index in [4.69, 9.17) is 4.74 Å². The van der Waals surface area contributed by atoms with E-state index >= 15 is 0 Å². The number of carboxylic acid groups (broad SMARTS) is 1. The topological polar surface area (TPSA) is 108 Å². The van der Waals surface area contributed by atoms with Crippen LogP contribution >= 0.6 is 0 Å². The second-order valence-electron chi connectivity index (χ2n) is 9.28. The number of carbonyl (C=O) groups excluding carboxylic acids is 2. The number of hydrogen-bond donors (Lipinski definition) is 3. The van der Waals surface area contributed by atoms with Gasteiger partial charge in [0.05, 0.1) is 5.92 Å². The molecule has 0 saturated heterocycles. The summed E-state index contributed by atoms with van der Waals surface area (Å²) in [5.41, 5.74) is 4.50. The number of ether oxygens (including phenoxy) is 1. The second kappa shape index (κ2) is 10.3. The van der Waals surface area contributed by atoms with Crippen LogP contribution in [0.1, 0.15) is 36.3 Å². The fraction of sp³-hybridized carbons (Fsp3) is 0.423. The van der Waals surface area contributed by atoms with Crippen molar-refractivity contribution in [2.75, 3.05) is 27.2 Å². The average Bonchev–Trinajstić information content (AvgIpc) is 3.39. The molecular formula is C26H31N3O5. The highest BCUT2D eigenvalue weighted by Gasteiger charge is 2.36. The van der Waals surface area contributed by atoms with Crippen LogP contribution in [-0.2, 0) is 14.3 Å². The number of alkyl carbamates (subject to hydrolysis) is 1. The number of nitrogens with zero attached hydrogens (tertiary/aromatic N) is 1. The van der Waals surface area contributed by atoms with Crippen LogP contribution in [0.25, 0.3) is 11.1 Å². The number of hydrogen-bond acceptors (Lipinski definition) is 5. The van der Waals surface area contributed by atoms with Crippen LogP contribution in [0.3, 0.4) is 0 Å². The normalized spacial score (nSPS) is 19.9. The third-order valence-corrected chi connectivity index (χ3v) is 6.66. The van der Waals surface area contributed by atoms with Gasteiger partial charge in [-0.2, -0.15) is 0 Å². The predicted octanol–water partition coefficient (Wildman–Crippen LogP) is 2.82. The van der Waals surface area contributed by atoms with E-state index in [0.717, 1.165) is 28.7 Å². The summed E-state index contributed by atoms with van der Waals surface area (Å²) < 4.78 is 5.59. The summed E-state index contributed by atoms with van der Waals surface area (Å²) in [6, 6.07) is 14.9. The van der Waals surface area contributed by atoms with E-state index in [1.165, 1.54) is 0 Å². The highest BCUT2D eigenvalue weighted by Crippen LogP contribution is 2.44. The maximum Gasteiger partial charge on any atom is 0.407 e. The van der Waals surface area contributed by atoms with E-state index in [1.807, 2.05) is 36.4 Å². The largest absolute Gasteiger partial charge is 0.481 e. The maximum atomic E-state index is 12.9. The molecular weight excluding hydrogens is 434 g/mol. The molecule has 8 heteroatoms. The molecule has 2 aliphatic carbocycles. The summed E-state index contributed by atoms with van der Waals surface area (Å²) in [5.74, 6) is -1.98. The first-order chi connectivity index (χ1) is 16.3. The Hall–Kier alpha value is -3.39. The Balaban J connectivity index is 1.40. The predicted molar refractivity (Wildman–Crippen MR) is 127 cm³/mol. The first kappa shape index (κ1) is 23.8. The Kier molecular flexibility index (Phi) is 7.17. The molecule has 0 radical (unpaired) electrons. The van der Waals surface area contributed by atoms with E-state index in [1.54, 1.807) is 19.0 Å². The summed E-state index contributed by atoms with van der Waals surface area (Å²) in [6.07, 6.45) is 1.23. The van der Waals surface area contributed by atoms with Crippen LogP contribution < -0.4 is 10.6 Å². The number of nitrogens with one attached hydrogen (secondary N) is 2. The Morgan fingerprint density at radius 1 is 1.03 bits per heavy atom. The van der Waals surface area contributed by atoms with Crippen molar-refractivity contribution in [2.24, 2.45) is 5.92 Å². The van der Waals surface area contributed by atoms with E-state index in [9.17, 15) is 19.5 Å². The summed E-state index contributed by atoms with van der Waals surface area (Å²) >= 11 is 0.